The molecule has 1 amide bonds. The average Bonchev–Trinajstić information content (AvgIpc) is 3.69. The monoisotopic (exact) mass is 521 g/mol. The number of carbonyl (C=O) groups is 2. The lowest BCUT2D eigenvalue weighted by atomic mass is 9.94. The Morgan fingerprint density at radius 2 is 1.82 bits per heavy atom. The molecule has 2 aromatic carbocycles. The molecule has 0 bridgehead atoms. The number of aryl methyl sites for hydroxylation is 1. The zero-order valence-corrected chi connectivity index (χ0v) is 21.2. The summed E-state index contributed by atoms with van der Waals surface area (Å²) in [6.07, 6.45) is 5.74. The summed E-state index contributed by atoms with van der Waals surface area (Å²) in [4.78, 5) is 32.2. The molecule has 198 valence electrons. The largest absolute Gasteiger partial charge is 0.507 e. The van der Waals surface area contributed by atoms with Gasteiger partial charge in [0.15, 0.2) is 23.0 Å². The van der Waals surface area contributed by atoms with Crippen molar-refractivity contribution in [2.75, 3.05) is 34.7 Å². The molecule has 1 N–H and O–H groups in total. The lowest BCUT2D eigenvalue weighted by molar-refractivity contribution is -0.139. The molecule has 0 spiro atoms. The van der Waals surface area contributed by atoms with Gasteiger partial charge in [0.1, 0.15) is 5.76 Å². The van der Waals surface area contributed by atoms with Gasteiger partial charge in [-0.05, 0) is 42.3 Å². The number of amides is 1. The molecule has 5 rings (SSSR count). The number of ether oxygens (including phenoxy) is 5. The second-order valence-electron chi connectivity index (χ2n) is 8.67. The van der Waals surface area contributed by atoms with Gasteiger partial charge in [-0.3, -0.25) is 9.59 Å². The Balaban J connectivity index is 1.61. The van der Waals surface area contributed by atoms with Crippen molar-refractivity contribution in [3.05, 3.63) is 65.8 Å². The summed E-state index contributed by atoms with van der Waals surface area (Å²) >= 11 is 0. The highest BCUT2D eigenvalue weighted by atomic mass is 16.7. The van der Waals surface area contributed by atoms with Crippen LogP contribution in [0.2, 0.25) is 0 Å². The minimum atomic E-state index is -0.894. The maximum absolute atomic E-state index is 13.4. The van der Waals surface area contributed by atoms with Crippen LogP contribution in [-0.4, -0.2) is 65.9 Å². The van der Waals surface area contributed by atoms with E-state index in [4.69, 9.17) is 23.7 Å². The number of aromatic nitrogens is 2. The quantitative estimate of drug-likeness (QED) is 0.257. The molecule has 3 heterocycles. The number of rotatable bonds is 9. The molecule has 38 heavy (non-hydrogen) atoms. The SMILES string of the molecule is COc1ccc(C(O)=C2C(=O)C(=O)N(CCCn3ccnc3)[C@@H]2c2cc(OC)c3c(c2)OCO3)cc1OC. The van der Waals surface area contributed by atoms with E-state index in [2.05, 4.69) is 4.98 Å². The number of Topliss-reactive ketones (excluding diaryl/α,β-unsaturated/α-hetero) is 1. The van der Waals surface area contributed by atoms with Gasteiger partial charge in [-0.25, -0.2) is 4.98 Å². The Labute approximate surface area is 218 Å². The van der Waals surface area contributed by atoms with E-state index >= 15 is 0 Å². The Kier molecular flexibility index (Phi) is 6.82. The zero-order chi connectivity index (χ0) is 26.8. The molecule has 3 aromatic rings. The molecule has 2 aliphatic heterocycles. The van der Waals surface area contributed by atoms with E-state index < -0.39 is 17.7 Å². The van der Waals surface area contributed by atoms with E-state index in [1.54, 1.807) is 42.9 Å². The standard InChI is InChI=1S/C27H27N3O8/c1-34-18-6-5-16(11-19(18)35-2)24(31)22-23(17-12-20(36-3)26-21(13-17)37-15-38-26)30(27(33)25(22)32)9-4-8-29-10-7-28-14-29/h5-7,10-14,23,31H,4,8-9,15H2,1-3H3/t23-/m1/s1. The summed E-state index contributed by atoms with van der Waals surface area (Å²) in [5, 5.41) is 11.4. The van der Waals surface area contributed by atoms with Crippen molar-refractivity contribution in [1.29, 1.82) is 0 Å². The van der Waals surface area contributed by atoms with Gasteiger partial charge in [0, 0.05) is 31.0 Å². The van der Waals surface area contributed by atoms with E-state index in [-0.39, 0.29) is 24.7 Å². The second kappa shape index (κ2) is 10.4. The van der Waals surface area contributed by atoms with Gasteiger partial charge >= 0.3 is 0 Å². The van der Waals surface area contributed by atoms with Crippen LogP contribution in [0.15, 0.2) is 54.6 Å². The van der Waals surface area contributed by atoms with E-state index in [1.165, 1.54) is 26.2 Å². The first-order chi connectivity index (χ1) is 18.5. The highest BCUT2D eigenvalue weighted by Gasteiger charge is 2.46. The number of aliphatic hydroxyl groups is 1. The number of ketones is 1. The molecule has 0 aliphatic carbocycles. The fraction of sp³-hybridized carbons (Fsp3) is 0.296. The summed E-state index contributed by atoms with van der Waals surface area (Å²) in [6.45, 7) is 0.870. The van der Waals surface area contributed by atoms with Gasteiger partial charge in [-0.1, -0.05) is 0 Å². The van der Waals surface area contributed by atoms with E-state index in [1.807, 2.05) is 10.8 Å². The van der Waals surface area contributed by atoms with Crippen molar-refractivity contribution in [2.24, 2.45) is 0 Å². The lowest BCUT2D eigenvalue weighted by Gasteiger charge is -2.26. The summed E-state index contributed by atoms with van der Waals surface area (Å²) in [7, 11) is 4.46. The van der Waals surface area contributed by atoms with Gasteiger partial charge in [0.05, 0.1) is 39.3 Å². The first-order valence-corrected chi connectivity index (χ1v) is 11.9. The second-order valence-corrected chi connectivity index (χ2v) is 8.67. The minimum absolute atomic E-state index is 0.0197. The number of aliphatic hydroxyl groups excluding tert-OH is 1. The normalized spacial score (nSPS) is 17.7. The number of nitrogens with zero attached hydrogens (tertiary/aromatic N) is 3. The molecule has 1 aromatic heterocycles. The number of methoxy groups -OCH3 is 3. The fourth-order valence-corrected chi connectivity index (χ4v) is 4.75. The van der Waals surface area contributed by atoms with Crippen LogP contribution in [0, 0.1) is 0 Å². The van der Waals surface area contributed by atoms with Crippen LogP contribution in [0.3, 0.4) is 0 Å². The lowest BCUT2D eigenvalue weighted by Crippen LogP contribution is -2.31. The maximum atomic E-state index is 13.4. The molecule has 0 radical (unpaired) electrons. The highest BCUT2D eigenvalue weighted by molar-refractivity contribution is 6.46. The number of hydrogen-bond acceptors (Lipinski definition) is 9. The van der Waals surface area contributed by atoms with Crippen LogP contribution in [0.25, 0.3) is 5.76 Å². The molecule has 1 saturated heterocycles. The number of fused-ring (bicyclic) bond motifs is 1. The topological polar surface area (TPSA) is 122 Å². The first kappa shape index (κ1) is 25.0. The van der Waals surface area contributed by atoms with E-state index in [9.17, 15) is 14.7 Å². The fourth-order valence-electron chi connectivity index (χ4n) is 4.75. The molecule has 1 atom stereocenters. The van der Waals surface area contributed by atoms with Crippen molar-refractivity contribution in [3.8, 4) is 28.7 Å². The minimum Gasteiger partial charge on any atom is -0.507 e. The number of benzene rings is 2. The third-order valence-electron chi connectivity index (χ3n) is 6.57. The van der Waals surface area contributed by atoms with Crippen molar-refractivity contribution in [1.82, 2.24) is 14.5 Å². The van der Waals surface area contributed by atoms with Crippen molar-refractivity contribution < 1.29 is 38.4 Å². The summed E-state index contributed by atoms with van der Waals surface area (Å²) in [6, 6.07) is 7.27. The van der Waals surface area contributed by atoms with Crippen LogP contribution in [0.4, 0.5) is 0 Å². The molecule has 11 nitrogen and oxygen atoms in total. The number of hydrogen-bond donors (Lipinski definition) is 1. The van der Waals surface area contributed by atoms with Crippen LogP contribution < -0.4 is 23.7 Å². The Morgan fingerprint density at radius 1 is 1.03 bits per heavy atom. The van der Waals surface area contributed by atoms with Crippen LogP contribution in [0.5, 0.6) is 28.7 Å². The van der Waals surface area contributed by atoms with Crippen LogP contribution in [-0.2, 0) is 16.1 Å². The van der Waals surface area contributed by atoms with Crippen molar-refractivity contribution >= 4 is 17.4 Å². The summed E-state index contributed by atoms with van der Waals surface area (Å²) in [5.74, 6) is 0.255. The van der Waals surface area contributed by atoms with Gasteiger partial charge in [-0.15, -0.1) is 0 Å². The highest BCUT2D eigenvalue weighted by Crippen LogP contribution is 2.47. The Morgan fingerprint density at radius 3 is 2.53 bits per heavy atom. The predicted octanol–water partition coefficient (Wildman–Crippen LogP) is 3.15. The van der Waals surface area contributed by atoms with E-state index in [0.29, 0.717) is 52.8 Å². The Hall–Kier alpha value is -4.67. The van der Waals surface area contributed by atoms with E-state index in [0.717, 1.165) is 0 Å². The zero-order valence-electron chi connectivity index (χ0n) is 21.2. The third kappa shape index (κ3) is 4.36. The number of likely N-dealkylation sites (tertiary alicyclic amines) is 1. The molecule has 0 unspecified atom stereocenters. The molecule has 1 fully saturated rings. The van der Waals surface area contributed by atoms with Gasteiger partial charge in [-0.2, -0.15) is 0 Å². The molecule has 2 aliphatic rings. The molecular formula is C27H27N3O8. The Bertz CT molecular complexity index is 1400. The van der Waals surface area contributed by atoms with Crippen molar-refractivity contribution in [3.63, 3.8) is 0 Å². The molecule has 0 saturated carbocycles. The molecule has 11 heteroatoms. The third-order valence-corrected chi connectivity index (χ3v) is 6.57. The maximum Gasteiger partial charge on any atom is 0.295 e. The van der Waals surface area contributed by atoms with Crippen LogP contribution >= 0.6 is 0 Å². The number of carbonyl (C=O) groups excluding carboxylic acids is 2. The number of imidazole rings is 1. The predicted molar refractivity (Wildman–Crippen MR) is 135 cm³/mol. The van der Waals surface area contributed by atoms with Gasteiger partial charge in [0.2, 0.25) is 12.5 Å². The summed E-state index contributed by atoms with van der Waals surface area (Å²) in [5.41, 5.74) is 0.789. The van der Waals surface area contributed by atoms with Gasteiger partial charge in [0.25, 0.3) is 11.7 Å². The average molecular weight is 522 g/mol. The first-order valence-electron chi connectivity index (χ1n) is 11.9. The summed E-state index contributed by atoms with van der Waals surface area (Å²) < 4.78 is 29.1. The van der Waals surface area contributed by atoms with Crippen LogP contribution in [0.1, 0.15) is 23.6 Å². The molecular weight excluding hydrogens is 494 g/mol. The van der Waals surface area contributed by atoms with Crippen molar-refractivity contribution in [2.45, 2.75) is 19.0 Å². The van der Waals surface area contributed by atoms with Gasteiger partial charge < -0.3 is 38.3 Å². The smallest absolute Gasteiger partial charge is 0.295 e.